The average molecular weight is 337 g/mol. The van der Waals surface area contributed by atoms with Crippen molar-refractivity contribution in [3.8, 4) is 0 Å². The van der Waals surface area contributed by atoms with Gasteiger partial charge in [-0.2, -0.15) is 0 Å². The first-order valence-electron chi connectivity index (χ1n) is 8.10. The molecule has 0 spiro atoms. The van der Waals surface area contributed by atoms with E-state index in [1.807, 2.05) is 31.2 Å². The molecule has 1 unspecified atom stereocenters. The second kappa shape index (κ2) is 7.17. The summed E-state index contributed by atoms with van der Waals surface area (Å²) >= 11 is 0. The van der Waals surface area contributed by atoms with E-state index in [0.29, 0.717) is 16.9 Å². The van der Waals surface area contributed by atoms with Crippen LogP contribution in [0.5, 0.6) is 0 Å². The third-order valence-electron chi connectivity index (χ3n) is 4.01. The van der Waals surface area contributed by atoms with Crippen LogP contribution in [-0.2, 0) is 9.59 Å². The fourth-order valence-electron chi connectivity index (χ4n) is 2.74. The lowest BCUT2D eigenvalue weighted by Gasteiger charge is -2.14. The smallest absolute Gasteiger partial charge is 0.254 e. The predicted molar refractivity (Wildman–Crippen MR) is 95.4 cm³/mol. The molecule has 3 rings (SSSR count). The fourth-order valence-corrected chi connectivity index (χ4v) is 2.74. The molecule has 0 bridgehead atoms. The molecular formula is C19H19N3O3. The van der Waals surface area contributed by atoms with Crippen LogP contribution in [-0.4, -0.2) is 23.8 Å². The molecular weight excluding hydrogens is 318 g/mol. The molecule has 3 amide bonds. The minimum absolute atomic E-state index is 0.128. The lowest BCUT2D eigenvalue weighted by Crippen LogP contribution is -2.41. The monoisotopic (exact) mass is 337 g/mol. The number of para-hydroxylation sites is 1. The van der Waals surface area contributed by atoms with Crippen molar-refractivity contribution in [1.29, 1.82) is 0 Å². The van der Waals surface area contributed by atoms with Crippen molar-refractivity contribution in [2.75, 3.05) is 10.6 Å². The van der Waals surface area contributed by atoms with Gasteiger partial charge in [-0.1, -0.05) is 24.3 Å². The van der Waals surface area contributed by atoms with E-state index >= 15 is 0 Å². The van der Waals surface area contributed by atoms with E-state index in [-0.39, 0.29) is 30.6 Å². The summed E-state index contributed by atoms with van der Waals surface area (Å²) < 4.78 is 0. The van der Waals surface area contributed by atoms with E-state index in [2.05, 4.69) is 16.0 Å². The SMILES string of the molecule is Cc1cccc(NC(=O)CCC2NC(=O)c3ccccc3NC2=O)c1. The van der Waals surface area contributed by atoms with Crippen molar-refractivity contribution >= 4 is 29.1 Å². The number of rotatable bonds is 4. The van der Waals surface area contributed by atoms with Crippen LogP contribution in [0.1, 0.15) is 28.8 Å². The van der Waals surface area contributed by atoms with Crippen molar-refractivity contribution in [3.05, 3.63) is 59.7 Å². The van der Waals surface area contributed by atoms with Crippen LogP contribution in [0, 0.1) is 6.92 Å². The summed E-state index contributed by atoms with van der Waals surface area (Å²) in [5.74, 6) is -0.839. The van der Waals surface area contributed by atoms with Crippen LogP contribution in [0.15, 0.2) is 48.5 Å². The highest BCUT2D eigenvalue weighted by Crippen LogP contribution is 2.19. The highest BCUT2D eigenvalue weighted by molar-refractivity contribution is 6.09. The number of hydrogen-bond donors (Lipinski definition) is 3. The van der Waals surface area contributed by atoms with E-state index in [9.17, 15) is 14.4 Å². The maximum Gasteiger partial charge on any atom is 0.254 e. The second-order valence-electron chi connectivity index (χ2n) is 6.02. The van der Waals surface area contributed by atoms with Gasteiger partial charge in [-0.15, -0.1) is 0 Å². The zero-order valence-corrected chi connectivity index (χ0v) is 13.8. The predicted octanol–water partition coefficient (Wildman–Crippen LogP) is 2.46. The van der Waals surface area contributed by atoms with Crippen LogP contribution >= 0.6 is 0 Å². The summed E-state index contributed by atoms with van der Waals surface area (Å²) in [5, 5.41) is 8.21. The third kappa shape index (κ3) is 4.03. The quantitative estimate of drug-likeness (QED) is 0.801. The largest absolute Gasteiger partial charge is 0.340 e. The Hall–Kier alpha value is -3.15. The molecule has 25 heavy (non-hydrogen) atoms. The molecule has 6 heteroatoms. The Kier molecular flexibility index (Phi) is 4.79. The molecule has 3 N–H and O–H groups in total. The fraction of sp³-hybridized carbons (Fsp3) is 0.211. The second-order valence-corrected chi connectivity index (χ2v) is 6.02. The Morgan fingerprint density at radius 2 is 1.92 bits per heavy atom. The summed E-state index contributed by atoms with van der Waals surface area (Å²) in [6.45, 7) is 1.94. The van der Waals surface area contributed by atoms with E-state index in [1.165, 1.54) is 0 Å². The van der Waals surface area contributed by atoms with Gasteiger partial charge in [-0.05, 0) is 43.2 Å². The number of nitrogens with one attached hydrogen (secondary N) is 3. The Balaban J connectivity index is 1.61. The Morgan fingerprint density at radius 3 is 2.72 bits per heavy atom. The van der Waals surface area contributed by atoms with Crippen LogP contribution in [0.4, 0.5) is 11.4 Å². The molecule has 0 aliphatic carbocycles. The number of fused-ring (bicyclic) bond motifs is 1. The zero-order chi connectivity index (χ0) is 17.8. The summed E-state index contributed by atoms with van der Waals surface area (Å²) in [4.78, 5) is 36.6. The van der Waals surface area contributed by atoms with Gasteiger partial charge < -0.3 is 16.0 Å². The summed E-state index contributed by atoms with van der Waals surface area (Å²) in [5.41, 5.74) is 2.66. The topological polar surface area (TPSA) is 87.3 Å². The summed E-state index contributed by atoms with van der Waals surface area (Å²) in [6.07, 6.45) is 0.353. The zero-order valence-electron chi connectivity index (χ0n) is 13.8. The lowest BCUT2D eigenvalue weighted by molar-refractivity contribution is -0.118. The standard InChI is InChI=1S/C19H19N3O3/c1-12-5-4-6-13(11-12)20-17(23)10-9-16-19(25)21-15-8-3-2-7-14(15)18(24)22-16/h2-8,11,16H,9-10H2,1H3,(H,20,23)(H,21,25)(H,22,24). The van der Waals surface area contributed by atoms with Gasteiger partial charge in [0.25, 0.3) is 5.91 Å². The molecule has 1 aliphatic rings. The maximum absolute atomic E-state index is 12.3. The molecule has 0 aromatic heterocycles. The molecule has 0 saturated carbocycles. The molecule has 1 aliphatic heterocycles. The summed E-state index contributed by atoms with van der Waals surface area (Å²) in [6, 6.07) is 13.6. The van der Waals surface area contributed by atoms with E-state index < -0.39 is 6.04 Å². The van der Waals surface area contributed by atoms with E-state index in [1.54, 1.807) is 24.3 Å². The summed E-state index contributed by atoms with van der Waals surface area (Å²) in [7, 11) is 0. The van der Waals surface area contributed by atoms with Crippen LogP contribution < -0.4 is 16.0 Å². The first-order valence-corrected chi connectivity index (χ1v) is 8.10. The maximum atomic E-state index is 12.3. The number of hydrogen-bond acceptors (Lipinski definition) is 3. The molecule has 128 valence electrons. The van der Waals surface area contributed by atoms with Gasteiger partial charge in [0.05, 0.1) is 11.3 Å². The Bertz CT molecular complexity index is 832. The molecule has 6 nitrogen and oxygen atoms in total. The van der Waals surface area contributed by atoms with Crippen molar-refractivity contribution in [2.45, 2.75) is 25.8 Å². The van der Waals surface area contributed by atoms with Gasteiger partial charge in [-0.25, -0.2) is 0 Å². The third-order valence-corrected chi connectivity index (χ3v) is 4.01. The van der Waals surface area contributed by atoms with Gasteiger partial charge in [-0.3, -0.25) is 14.4 Å². The van der Waals surface area contributed by atoms with Crippen LogP contribution in [0.3, 0.4) is 0 Å². The minimum Gasteiger partial charge on any atom is -0.340 e. The van der Waals surface area contributed by atoms with Crippen molar-refractivity contribution in [1.82, 2.24) is 5.32 Å². The number of anilines is 2. The van der Waals surface area contributed by atoms with Crippen molar-refractivity contribution in [3.63, 3.8) is 0 Å². The number of benzene rings is 2. The highest BCUT2D eigenvalue weighted by atomic mass is 16.2. The van der Waals surface area contributed by atoms with E-state index in [0.717, 1.165) is 5.56 Å². The molecule has 0 radical (unpaired) electrons. The molecule has 1 heterocycles. The lowest BCUT2D eigenvalue weighted by atomic mass is 10.1. The van der Waals surface area contributed by atoms with Crippen molar-refractivity contribution in [2.24, 2.45) is 0 Å². The van der Waals surface area contributed by atoms with Gasteiger partial charge in [0.2, 0.25) is 11.8 Å². The molecule has 0 saturated heterocycles. The van der Waals surface area contributed by atoms with E-state index in [4.69, 9.17) is 0 Å². The average Bonchev–Trinajstić information content (AvgIpc) is 2.70. The highest BCUT2D eigenvalue weighted by Gasteiger charge is 2.27. The number of carbonyl (C=O) groups is 3. The van der Waals surface area contributed by atoms with Gasteiger partial charge in [0.15, 0.2) is 0 Å². The Morgan fingerprint density at radius 1 is 1.12 bits per heavy atom. The molecule has 0 fully saturated rings. The molecule has 2 aromatic rings. The van der Waals surface area contributed by atoms with Crippen molar-refractivity contribution < 1.29 is 14.4 Å². The van der Waals surface area contributed by atoms with Crippen LogP contribution in [0.25, 0.3) is 0 Å². The number of amides is 3. The first-order chi connectivity index (χ1) is 12.0. The van der Waals surface area contributed by atoms with Gasteiger partial charge in [0, 0.05) is 12.1 Å². The normalized spacial score (nSPS) is 16.3. The molecule has 1 atom stereocenters. The first kappa shape index (κ1) is 16.7. The van der Waals surface area contributed by atoms with Gasteiger partial charge >= 0.3 is 0 Å². The Labute approximate surface area is 145 Å². The number of aryl methyl sites for hydroxylation is 1. The molecule has 2 aromatic carbocycles. The minimum atomic E-state index is -0.747. The van der Waals surface area contributed by atoms with Crippen LogP contribution in [0.2, 0.25) is 0 Å². The number of carbonyl (C=O) groups excluding carboxylic acids is 3. The van der Waals surface area contributed by atoms with Gasteiger partial charge in [0.1, 0.15) is 6.04 Å².